The molecular formula is C12H17NO. The van der Waals surface area contributed by atoms with Gasteiger partial charge in [0.2, 0.25) is 0 Å². The number of carbonyl (C=O) groups excluding carboxylic acids is 1. The molecule has 1 rings (SSSR count). The Bertz CT molecular complexity index is 282. The van der Waals surface area contributed by atoms with Crippen molar-refractivity contribution < 1.29 is 4.79 Å². The van der Waals surface area contributed by atoms with Crippen LogP contribution >= 0.6 is 0 Å². The van der Waals surface area contributed by atoms with E-state index in [1.165, 1.54) is 5.56 Å². The van der Waals surface area contributed by atoms with Gasteiger partial charge in [0.1, 0.15) is 5.78 Å². The lowest BCUT2D eigenvalue weighted by atomic mass is 10.0. The minimum atomic E-state index is -0.279. The van der Waals surface area contributed by atoms with E-state index in [2.05, 4.69) is 12.1 Å². The topological polar surface area (TPSA) is 43.1 Å². The maximum atomic E-state index is 10.9. The number of Topliss-reactive ketones (excluding diaryl/α,β-unsaturated/α-hetero) is 1. The number of rotatable bonds is 5. The molecule has 0 radical (unpaired) electrons. The summed E-state index contributed by atoms with van der Waals surface area (Å²) in [6, 6.07) is 9.97. The van der Waals surface area contributed by atoms with E-state index in [0.717, 1.165) is 19.3 Å². The third kappa shape index (κ3) is 3.71. The molecule has 2 nitrogen and oxygen atoms in total. The molecule has 0 saturated carbocycles. The average molecular weight is 191 g/mol. The highest BCUT2D eigenvalue weighted by atomic mass is 16.1. The predicted molar refractivity (Wildman–Crippen MR) is 58.0 cm³/mol. The number of hydrogen-bond acceptors (Lipinski definition) is 2. The SMILES string of the molecule is CC(=O)[C@H](N)CCCc1ccccc1. The number of ketones is 1. The van der Waals surface area contributed by atoms with Crippen molar-refractivity contribution in [3.8, 4) is 0 Å². The Hall–Kier alpha value is -1.15. The van der Waals surface area contributed by atoms with Crippen LogP contribution in [-0.2, 0) is 11.2 Å². The summed E-state index contributed by atoms with van der Waals surface area (Å²) in [5.41, 5.74) is 6.94. The summed E-state index contributed by atoms with van der Waals surface area (Å²) in [5.74, 6) is 0.0815. The summed E-state index contributed by atoms with van der Waals surface area (Å²) in [5, 5.41) is 0. The molecule has 0 fully saturated rings. The van der Waals surface area contributed by atoms with Crippen LogP contribution in [0.25, 0.3) is 0 Å². The first kappa shape index (κ1) is 10.9. The summed E-state index contributed by atoms with van der Waals surface area (Å²) in [7, 11) is 0. The second-order valence-electron chi connectivity index (χ2n) is 3.59. The fourth-order valence-electron chi connectivity index (χ4n) is 1.37. The molecule has 14 heavy (non-hydrogen) atoms. The van der Waals surface area contributed by atoms with Crippen LogP contribution in [0.3, 0.4) is 0 Å². The first-order valence-electron chi connectivity index (χ1n) is 5.00. The van der Waals surface area contributed by atoms with E-state index < -0.39 is 0 Å². The van der Waals surface area contributed by atoms with Gasteiger partial charge in [-0.2, -0.15) is 0 Å². The van der Waals surface area contributed by atoms with Gasteiger partial charge in [0.15, 0.2) is 0 Å². The van der Waals surface area contributed by atoms with E-state index in [1.807, 2.05) is 18.2 Å². The van der Waals surface area contributed by atoms with Crippen molar-refractivity contribution in [2.45, 2.75) is 32.2 Å². The van der Waals surface area contributed by atoms with Crippen molar-refractivity contribution in [2.24, 2.45) is 5.73 Å². The Morgan fingerprint density at radius 2 is 2.00 bits per heavy atom. The number of nitrogens with two attached hydrogens (primary N) is 1. The Labute approximate surface area is 85.1 Å². The van der Waals surface area contributed by atoms with Gasteiger partial charge in [0.05, 0.1) is 6.04 Å². The fraction of sp³-hybridized carbons (Fsp3) is 0.417. The second kappa shape index (κ2) is 5.55. The number of benzene rings is 1. The summed E-state index contributed by atoms with van der Waals surface area (Å²) in [6.45, 7) is 1.55. The maximum absolute atomic E-state index is 10.9. The highest BCUT2D eigenvalue weighted by Crippen LogP contribution is 2.05. The zero-order valence-electron chi connectivity index (χ0n) is 8.57. The van der Waals surface area contributed by atoms with Crippen LogP contribution in [0.1, 0.15) is 25.3 Å². The Kier molecular flexibility index (Phi) is 4.33. The van der Waals surface area contributed by atoms with E-state index in [-0.39, 0.29) is 11.8 Å². The van der Waals surface area contributed by atoms with Gasteiger partial charge in [-0.3, -0.25) is 4.79 Å². The smallest absolute Gasteiger partial charge is 0.146 e. The van der Waals surface area contributed by atoms with Gasteiger partial charge >= 0.3 is 0 Å². The summed E-state index contributed by atoms with van der Waals surface area (Å²) < 4.78 is 0. The van der Waals surface area contributed by atoms with Crippen LogP contribution in [0.15, 0.2) is 30.3 Å². The molecule has 2 N–H and O–H groups in total. The molecule has 0 aliphatic carbocycles. The molecule has 0 spiro atoms. The molecule has 0 aromatic heterocycles. The molecule has 2 heteroatoms. The van der Waals surface area contributed by atoms with Gasteiger partial charge < -0.3 is 5.73 Å². The minimum Gasteiger partial charge on any atom is -0.322 e. The molecule has 1 atom stereocenters. The van der Waals surface area contributed by atoms with Gasteiger partial charge in [0.25, 0.3) is 0 Å². The molecular weight excluding hydrogens is 174 g/mol. The van der Waals surface area contributed by atoms with Crippen molar-refractivity contribution in [2.75, 3.05) is 0 Å². The molecule has 0 unspecified atom stereocenters. The van der Waals surface area contributed by atoms with Crippen LogP contribution in [0.5, 0.6) is 0 Å². The zero-order chi connectivity index (χ0) is 10.4. The fourth-order valence-corrected chi connectivity index (χ4v) is 1.37. The molecule has 0 amide bonds. The molecule has 0 aliphatic heterocycles. The normalized spacial score (nSPS) is 12.4. The molecule has 1 aromatic carbocycles. The first-order chi connectivity index (χ1) is 6.70. The largest absolute Gasteiger partial charge is 0.322 e. The summed E-state index contributed by atoms with van der Waals surface area (Å²) in [4.78, 5) is 10.9. The van der Waals surface area contributed by atoms with Crippen molar-refractivity contribution in [3.05, 3.63) is 35.9 Å². The highest BCUT2D eigenvalue weighted by molar-refractivity contribution is 5.81. The second-order valence-corrected chi connectivity index (χ2v) is 3.59. The van der Waals surface area contributed by atoms with Crippen molar-refractivity contribution >= 4 is 5.78 Å². The van der Waals surface area contributed by atoms with Gasteiger partial charge in [-0.15, -0.1) is 0 Å². The first-order valence-corrected chi connectivity index (χ1v) is 5.00. The van der Waals surface area contributed by atoms with Crippen LogP contribution in [0, 0.1) is 0 Å². The lowest BCUT2D eigenvalue weighted by Gasteiger charge is -2.06. The van der Waals surface area contributed by atoms with Gasteiger partial charge in [0, 0.05) is 0 Å². The van der Waals surface area contributed by atoms with Crippen LogP contribution in [0.4, 0.5) is 0 Å². The Balaban J connectivity index is 2.26. The minimum absolute atomic E-state index is 0.0815. The van der Waals surface area contributed by atoms with Crippen molar-refractivity contribution in [1.29, 1.82) is 0 Å². The van der Waals surface area contributed by atoms with Gasteiger partial charge in [-0.1, -0.05) is 30.3 Å². The van der Waals surface area contributed by atoms with Crippen LogP contribution in [-0.4, -0.2) is 11.8 Å². The zero-order valence-corrected chi connectivity index (χ0v) is 8.57. The van der Waals surface area contributed by atoms with E-state index in [9.17, 15) is 4.79 Å². The van der Waals surface area contributed by atoms with Gasteiger partial charge in [-0.25, -0.2) is 0 Å². The third-order valence-corrected chi connectivity index (χ3v) is 2.35. The van der Waals surface area contributed by atoms with Crippen molar-refractivity contribution in [3.63, 3.8) is 0 Å². The lowest BCUT2D eigenvalue weighted by Crippen LogP contribution is -2.28. The van der Waals surface area contributed by atoms with Crippen LogP contribution < -0.4 is 5.73 Å². The molecule has 0 heterocycles. The molecule has 0 aliphatic rings. The number of hydrogen-bond donors (Lipinski definition) is 1. The lowest BCUT2D eigenvalue weighted by molar-refractivity contribution is -0.118. The predicted octanol–water partition coefficient (Wildman–Crippen LogP) is 1.93. The monoisotopic (exact) mass is 191 g/mol. The maximum Gasteiger partial charge on any atom is 0.146 e. The standard InChI is InChI=1S/C12H17NO/c1-10(14)12(13)9-5-8-11-6-3-2-4-7-11/h2-4,6-7,12H,5,8-9,13H2,1H3/t12-/m1/s1. The third-order valence-electron chi connectivity index (χ3n) is 2.35. The molecule has 0 bridgehead atoms. The molecule has 0 saturated heterocycles. The Morgan fingerprint density at radius 3 is 2.57 bits per heavy atom. The van der Waals surface area contributed by atoms with Crippen molar-refractivity contribution in [1.82, 2.24) is 0 Å². The molecule has 1 aromatic rings. The van der Waals surface area contributed by atoms with E-state index in [1.54, 1.807) is 6.92 Å². The highest BCUT2D eigenvalue weighted by Gasteiger charge is 2.06. The molecule has 76 valence electrons. The van der Waals surface area contributed by atoms with Gasteiger partial charge in [-0.05, 0) is 31.7 Å². The van der Waals surface area contributed by atoms with E-state index in [0.29, 0.717) is 0 Å². The summed E-state index contributed by atoms with van der Waals surface area (Å²) in [6.07, 6.45) is 2.76. The number of carbonyl (C=O) groups is 1. The van der Waals surface area contributed by atoms with E-state index >= 15 is 0 Å². The number of aryl methyl sites for hydroxylation is 1. The summed E-state index contributed by atoms with van der Waals surface area (Å²) >= 11 is 0. The van der Waals surface area contributed by atoms with Crippen LogP contribution in [0.2, 0.25) is 0 Å². The van der Waals surface area contributed by atoms with E-state index in [4.69, 9.17) is 5.73 Å². The average Bonchev–Trinajstić information content (AvgIpc) is 2.19. The Morgan fingerprint density at radius 1 is 1.36 bits per heavy atom. The quantitative estimate of drug-likeness (QED) is 0.772.